The van der Waals surface area contributed by atoms with Crippen LogP contribution in [0.1, 0.15) is 65.7 Å². The minimum absolute atomic E-state index is 0.0694. The number of rotatable bonds is 16. The average Bonchev–Trinajstić information content (AvgIpc) is 3.36. The molecule has 3 N–H and O–H groups in total. The predicted molar refractivity (Wildman–Crippen MR) is 168 cm³/mol. The zero-order chi connectivity index (χ0) is 31.0. The molecule has 232 valence electrons. The number of nitrogens with zero attached hydrogens (tertiary/aromatic N) is 3. The van der Waals surface area contributed by atoms with Crippen molar-refractivity contribution in [1.29, 1.82) is 0 Å². The smallest absolute Gasteiger partial charge is 0.459 e. The van der Waals surface area contributed by atoms with E-state index in [2.05, 4.69) is 21.6 Å². The van der Waals surface area contributed by atoms with Crippen molar-refractivity contribution in [3.8, 4) is 5.75 Å². The minimum atomic E-state index is -4.00. The second kappa shape index (κ2) is 14.8. The molecule has 0 fully saturated rings. The van der Waals surface area contributed by atoms with Gasteiger partial charge in [0.2, 0.25) is 0 Å². The first-order valence-electron chi connectivity index (χ1n) is 14.8. The van der Waals surface area contributed by atoms with Crippen LogP contribution in [0.2, 0.25) is 0 Å². The van der Waals surface area contributed by atoms with Crippen molar-refractivity contribution >= 4 is 41.5 Å². The Balaban J connectivity index is 1.65. The van der Waals surface area contributed by atoms with E-state index in [1.165, 1.54) is 0 Å². The van der Waals surface area contributed by atoms with Crippen molar-refractivity contribution < 1.29 is 27.9 Å². The van der Waals surface area contributed by atoms with E-state index in [0.717, 1.165) is 35.1 Å². The van der Waals surface area contributed by atoms with Crippen molar-refractivity contribution in [3.63, 3.8) is 0 Å². The second-order valence-corrected chi connectivity index (χ2v) is 12.2. The van der Waals surface area contributed by atoms with Crippen molar-refractivity contribution in [2.75, 3.05) is 18.9 Å². The summed E-state index contributed by atoms with van der Waals surface area (Å²) in [6.45, 7) is 10.0. The summed E-state index contributed by atoms with van der Waals surface area (Å²) in [6.07, 6.45) is 1.83. The zero-order valence-corrected chi connectivity index (χ0v) is 26.4. The van der Waals surface area contributed by atoms with Gasteiger partial charge in [-0.15, -0.1) is 0 Å². The van der Waals surface area contributed by atoms with Crippen molar-refractivity contribution in [2.24, 2.45) is 0 Å². The lowest BCUT2D eigenvalue weighted by atomic mass is 10.1. The molecule has 3 atom stereocenters. The SMILES string of the molecule is CCC[C@H](CCO[P@@](=O)(N[C@@H](C)C(=O)OC(C)C)Oc1ccccc1)n1c(COCC)nc2c(N)nc3ccccc3c21. The Morgan fingerprint density at radius 2 is 1.74 bits per heavy atom. The van der Waals surface area contributed by atoms with Gasteiger partial charge in [-0.25, -0.2) is 14.5 Å². The molecule has 4 rings (SSSR count). The van der Waals surface area contributed by atoms with Crippen LogP contribution < -0.4 is 15.3 Å². The Morgan fingerprint density at radius 3 is 2.44 bits per heavy atom. The molecule has 0 aliphatic rings. The maximum Gasteiger partial charge on any atom is 0.459 e. The van der Waals surface area contributed by atoms with Gasteiger partial charge < -0.3 is 24.3 Å². The van der Waals surface area contributed by atoms with E-state index >= 15 is 0 Å². The highest BCUT2D eigenvalue weighted by Crippen LogP contribution is 2.45. The number of hydrogen-bond acceptors (Lipinski definition) is 9. The molecule has 0 bridgehead atoms. The topological polar surface area (TPSA) is 140 Å². The van der Waals surface area contributed by atoms with Gasteiger partial charge in [0.1, 0.15) is 29.7 Å². The van der Waals surface area contributed by atoms with Crippen LogP contribution in [0.25, 0.3) is 21.9 Å². The van der Waals surface area contributed by atoms with Gasteiger partial charge in [0.05, 0.1) is 23.7 Å². The molecule has 2 heterocycles. The fourth-order valence-electron chi connectivity index (χ4n) is 4.94. The standard InChI is InChI=1S/C31H42N5O6P/c1-6-13-23(36-27(20-39-7-2)34-28-29(36)25-16-11-12-17-26(25)33-30(28)32)18-19-40-43(38,42-24-14-9-8-10-15-24)35-22(5)31(37)41-21(3)4/h8-12,14-17,21-23H,6-7,13,18-20H2,1-5H3,(H2,32,33)(H,35,38)/t22-,23+,43-/m0/s1. The fraction of sp³-hybridized carbons (Fsp3) is 0.452. The van der Waals surface area contributed by atoms with E-state index < -0.39 is 19.8 Å². The number of pyridine rings is 1. The summed E-state index contributed by atoms with van der Waals surface area (Å²) in [5.74, 6) is 0.876. The predicted octanol–water partition coefficient (Wildman–Crippen LogP) is 6.57. The lowest BCUT2D eigenvalue weighted by Crippen LogP contribution is -2.36. The van der Waals surface area contributed by atoms with Gasteiger partial charge in [0, 0.05) is 18.0 Å². The van der Waals surface area contributed by atoms with Crippen LogP contribution in [0.3, 0.4) is 0 Å². The second-order valence-electron chi connectivity index (χ2n) is 10.5. The molecule has 4 aromatic rings. The Labute approximate surface area is 252 Å². The summed E-state index contributed by atoms with van der Waals surface area (Å²) in [7, 11) is -4.00. The molecule has 0 radical (unpaired) electrons. The summed E-state index contributed by atoms with van der Waals surface area (Å²) in [5.41, 5.74) is 8.66. The number of fused-ring (bicyclic) bond motifs is 3. The van der Waals surface area contributed by atoms with Crippen LogP contribution >= 0.6 is 7.75 Å². The molecule has 0 unspecified atom stereocenters. The quantitative estimate of drug-likeness (QED) is 0.106. The number of aromatic nitrogens is 3. The van der Waals surface area contributed by atoms with Gasteiger partial charge in [-0.2, -0.15) is 5.09 Å². The van der Waals surface area contributed by atoms with E-state index in [0.29, 0.717) is 36.7 Å². The number of carbonyl (C=O) groups is 1. The van der Waals surface area contributed by atoms with Crippen LogP contribution in [-0.4, -0.2) is 45.9 Å². The summed E-state index contributed by atoms with van der Waals surface area (Å²) in [4.78, 5) is 22.0. The number of benzene rings is 2. The van der Waals surface area contributed by atoms with Gasteiger partial charge in [-0.05, 0) is 58.7 Å². The third kappa shape index (κ3) is 8.12. The third-order valence-corrected chi connectivity index (χ3v) is 8.46. The summed E-state index contributed by atoms with van der Waals surface area (Å²) < 4.78 is 39.1. The molecule has 43 heavy (non-hydrogen) atoms. The van der Waals surface area contributed by atoms with Gasteiger partial charge >= 0.3 is 13.7 Å². The first-order valence-corrected chi connectivity index (χ1v) is 16.3. The van der Waals surface area contributed by atoms with Gasteiger partial charge in [0.15, 0.2) is 5.82 Å². The average molecular weight is 612 g/mol. The number of nitrogens with two attached hydrogens (primary N) is 1. The maximum absolute atomic E-state index is 14.0. The number of anilines is 1. The number of nitrogen functional groups attached to an aromatic ring is 1. The van der Waals surface area contributed by atoms with E-state index in [-0.39, 0.29) is 18.8 Å². The van der Waals surface area contributed by atoms with Crippen LogP contribution in [-0.2, 0) is 30.0 Å². The lowest BCUT2D eigenvalue weighted by Gasteiger charge is -2.25. The number of para-hydroxylation sites is 2. The van der Waals surface area contributed by atoms with Crippen LogP contribution in [0.5, 0.6) is 5.75 Å². The molecule has 2 aromatic carbocycles. The monoisotopic (exact) mass is 611 g/mol. The van der Waals surface area contributed by atoms with Crippen molar-refractivity contribution in [3.05, 3.63) is 60.4 Å². The molecule has 0 saturated heterocycles. The van der Waals surface area contributed by atoms with Crippen LogP contribution in [0, 0.1) is 0 Å². The zero-order valence-electron chi connectivity index (χ0n) is 25.5. The van der Waals surface area contributed by atoms with Crippen molar-refractivity contribution in [1.82, 2.24) is 19.6 Å². The van der Waals surface area contributed by atoms with Gasteiger partial charge in [0.25, 0.3) is 0 Å². The summed E-state index contributed by atoms with van der Waals surface area (Å²) in [6, 6.07) is 15.5. The van der Waals surface area contributed by atoms with Gasteiger partial charge in [-0.1, -0.05) is 49.7 Å². The Morgan fingerprint density at radius 1 is 1.02 bits per heavy atom. The Hall–Kier alpha value is -3.50. The highest BCUT2D eigenvalue weighted by molar-refractivity contribution is 7.52. The van der Waals surface area contributed by atoms with E-state index in [4.69, 9.17) is 29.2 Å². The molecular weight excluding hydrogens is 569 g/mol. The van der Waals surface area contributed by atoms with E-state index in [1.54, 1.807) is 45.0 Å². The Bertz CT molecular complexity index is 1560. The fourth-order valence-corrected chi connectivity index (χ4v) is 6.44. The normalized spacial score (nSPS) is 14.6. The first-order chi connectivity index (χ1) is 20.7. The number of imidazole rings is 1. The number of ether oxygens (including phenoxy) is 2. The molecule has 2 aromatic heterocycles. The molecular formula is C31H42N5O6P. The number of carbonyl (C=O) groups excluding carboxylic acids is 1. The molecule has 0 spiro atoms. The summed E-state index contributed by atoms with van der Waals surface area (Å²) in [5, 5.41) is 3.69. The first kappa shape index (κ1) is 32.4. The molecule has 12 heteroatoms. The molecule has 0 amide bonds. The number of esters is 1. The number of nitrogens with one attached hydrogen (secondary N) is 1. The minimum Gasteiger partial charge on any atom is -0.462 e. The van der Waals surface area contributed by atoms with Crippen LogP contribution in [0.15, 0.2) is 54.6 Å². The maximum atomic E-state index is 14.0. The largest absolute Gasteiger partial charge is 0.462 e. The van der Waals surface area contributed by atoms with Crippen LogP contribution in [0.4, 0.5) is 5.82 Å². The van der Waals surface area contributed by atoms with Crippen molar-refractivity contribution in [2.45, 2.75) is 78.7 Å². The van der Waals surface area contributed by atoms with E-state index in [9.17, 15) is 9.36 Å². The molecule has 0 aliphatic heterocycles. The molecule has 0 aliphatic carbocycles. The van der Waals surface area contributed by atoms with E-state index in [1.807, 2.05) is 37.3 Å². The number of hydrogen-bond donors (Lipinski definition) is 2. The molecule has 0 saturated carbocycles. The Kier molecular flexibility index (Phi) is 11.2. The highest BCUT2D eigenvalue weighted by Gasteiger charge is 2.33. The lowest BCUT2D eigenvalue weighted by molar-refractivity contribution is -0.149. The third-order valence-electron chi connectivity index (χ3n) is 6.79. The highest BCUT2D eigenvalue weighted by atomic mass is 31.2. The molecule has 11 nitrogen and oxygen atoms in total. The summed E-state index contributed by atoms with van der Waals surface area (Å²) >= 11 is 0. The van der Waals surface area contributed by atoms with Gasteiger partial charge in [-0.3, -0.25) is 9.32 Å².